The molecule has 7 nitrogen and oxygen atoms in total. The summed E-state index contributed by atoms with van der Waals surface area (Å²) in [6.07, 6.45) is 1.61. The van der Waals surface area contributed by atoms with E-state index in [9.17, 15) is 9.59 Å². The number of ether oxygens (including phenoxy) is 1. The van der Waals surface area contributed by atoms with Crippen molar-refractivity contribution in [3.63, 3.8) is 0 Å². The largest absolute Gasteiger partial charge is 0.482 e. The van der Waals surface area contributed by atoms with Gasteiger partial charge in [-0.3, -0.25) is 14.5 Å². The molecular weight excluding hydrogens is 384 g/mol. The van der Waals surface area contributed by atoms with E-state index < -0.39 is 0 Å². The van der Waals surface area contributed by atoms with E-state index in [2.05, 4.69) is 15.3 Å². The molecule has 0 radical (unpaired) electrons. The van der Waals surface area contributed by atoms with Gasteiger partial charge in [0.2, 0.25) is 5.91 Å². The molecule has 0 bridgehead atoms. The summed E-state index contributed by atoms with van der Waals surface area (Å²) in [7, 11) is 0. The van der Waals surface area contributed by atoms with Crippen LogP contribution in [0.1, 0.15) is 9.88 Å². The highest BCUT2D eigenvalue weighted by atomic mass is 32.1. The van der Waals surface area contributed by atoms with Crippen LogP contribution in [-0.4, -0.2) is 34.9 Å². The number of benzene rings is 1. The summed E-state index contributed by atoms with van der Waals surface area (Å²) in [6.45, 7) is 3.78. The molecule has 1 aliphatic rings. The maximum absolute atomic E-state index is 12.4. The highest BCUT2D eigenvalue weighted by Crippen LogP contribution is 2.37. The van der Waals surface area contributed by atoms with Crippen molar-refractivity contribution in [3.05, 3.63) is 39.7 Å². The van der Waals surface area contributed by atoms with Gasteiger partial charge in [-0.15, -0.1) is 22.7 Å². The van der Waals surface area contributed by atoms with Crippen LogP contribution in [0.5, 0.6) is 5.75 Å². The molecule has 138 valence electrons. The van der Waals surface area contributed by atoms with Crippen molar-refractivity contribution in [1.82, 2.24) is 9.97 Å². The molecule has 4 rings (SSSR count). The second-order valence-corrected chi connectivity index (χ2v) is 8.28. The summed E-state index contributed by atoms with van der Waals surface area (Å²) < 4.78 is 5.53. The number of anilines is 2. The monoisotopic (exact) mass is 400 g/mol. The van der Waals surface area contributed by atoms with Crippen LogP contribution in [0.3, 0.4) is 0 Å². The first-order chi connectivity index (χ1) is 13.0. The fraction of sp³-hybridized carbons (Fsp3) is 0.222. The van der Waals surface area contributed by atoms with Crippen molar-refractivity contribution in [3.8, 4) is 17.0 Å². The number of hydrogen-bond donors (Lipinski definition) is 1. The fourth-order valence-electron chi connectivity index (χ4n) is 2.91. The molecule has 0 fully saturated rings. The number of aromatic nitrogens is 2. The Morgan fingerprint density at radius 2 is 2.22 bits per heavy atom. The van der Waals surface area contributed by atoms with Gasteiger partial charge < -0.3 is 10.1 Å². The third-order valence-corrected chi connectivity index (χ3v) is 5.63. The Kier molecular flexibility index (Phi) is 4.63. The Balaban J connectivity index is 1.64. The average molecular weight is 400 g/mol. The van der Waals surface area contributed by atoms with E-state index in [4.69, 9.17) is 4.74 Å². The predicted molar refractivity (Wildman–Crippen MR) is 106 cm³/mol. The molecule has 1 N–H and O–H groups in total. The lowest BCUT2D eigenvalue weighted by Crippen LogP contribution is -2.43. The standard InChI is InChI=1S/C18H16N4O3S2/c1-10-17(20-11(2)27-10)12-3-4-14-13(7-12)22(16(24)9-25-14)8-15(23)21-18-19-5-6-26-18/h3-7H,8-9H2,1-2H3,(H,19,21,23). The van der Waals surface area contributed by atoms with Gasteiger partial charge in [0.15, 0.2) is 11.7 Å². The first kappa shape index (κ1) is 17.6. The van der Waals surface area contributed by atoms with E-state index in [1.807, 2.05) is 32.0 Å². The number of nitrogens with one attached hydrogen (secondary N) is 1. The van der Waals surface area contributed by atoms with Crippen molar-refractivity contribution in [1.29, 1.82) is 0 Å². The summed E-state index contributed by atoms with van der Waals surface area (Å²) >= 11 is 2.95. The van der Waals surface area contributed by atoms with Gasteiger partial charge in [-0.1, -0.05) is 0 Å². The normalized spacial score (nSPS) is 13.3. The number of fused-ring (bicyclic) bond motifs is 1. The summed E-state index contributed by atoms with van der Waals surface area (Å²) in [6, 6.07) is 5.59. The summed E-state index contributed by atoms with van der Waals surface area (Å²) in [4.78, 5) is 35.9. The minimum Gasteiger partial charge on any atom is -0.482 e. The maximum atomic E-state index is 12.4. The molecule has 0 spiro atoms. The van der Waals surface area contributed by atoms with Gasteiger partial charge in [-0.2, -0.15) is 0 Å². The quantitative estimate of drug-likeness (QED) is 0.727. The zero-order chi connectivity index (χ0) is 19.0. The topological polar surface area (TPSA) is 84.4 Å². The third-order valence-electron chi connectivity index (χ3n) is 4.06. The zero-order valence-corrected chi connectivity index (χ0v) is 16.3. The minimum absolute atomic E-state index is 0.0916. The van der Waals surface area contributed by atoms with E-state index in [1.165, 1.54) is 16.2 Å². The van der Waals surface area contributed by atoms with Crippen LogP contribution in [0.25, 0.3) is 11.3 Å². The Bertz CT molecular complexity index is 1010. The van der Waals surface area contributed by atoms with Gasteiger partial charge in [0.05, 0.1) is 16.4 Å². The second kappa shape index (κ2) is 7.09. The molecule has 0 aliphatic carbocycles. The average Bonchev–Trinajstić information content (AvgIpc) is 3.26. The third kappa shape index (κ3) is 3.56. The number of thiazole rings is 2. The molecule has 0 saturated carbocycles. The SMILES string of the molecule is Cc1nc(-c2ccc3c(c2)N(CC(=O)Nc2nccs2)C(=O)CO3)c(C)s1. The van der Waals surface area contributed by atoms with Crippen molar-refractivity contribution in [2.24, 2.45) is 0 Å². The number of nitrogens with zero attached hydrogens (tertiary/aromatic N) is 3. The molecule has 27 heavy (non-hydrogen) atoms. The first-order valence-electron chi connectivity index (χ1n) is 8.22. The van der Waals surface area contributed by atoms with E-state index >= 15 is 0 Å². The zero-order valence-electron chi connectivity index (χ0n) is 14.7. The van der Waals surface area contributed by atoms with E-state index in [0.717, 1.165) is 21.1 Å². The molecule has 0 unspecified atom stereocenters. The van der Waals surface area contributed by atoms with E-state index in [1.54, 1.807) is 22.9 Å². The summed E-state index contributed by atoms with van der Waals surface area (Å²) in [5.41, 5.74) is 2.34. The predicted octanol–water partition coefficient (Wildman–Crippen LogP) is 3.25. The van der Waals surface area contributed by atoms with Gasteiger partial charge in [0, 0.05) is 22.0 Å². The Labute approximate surface area is 163 Å². The summed E-state index contributed by atoms with van der Waals surface area (Å²) in [5, 5.41) is 5.96. The van der Waals surface area contributed by atoms with Crippen LogP contribution in [0, 0.1) is 13.8 Å². The van der Waals surface area contributed by atoms with Gasteiger partial charge >= 0.3 is 0 Å². The molecular formula is C18H16N4O3S2. The molecule has 3 heterocycles. The smallest absolute Gasteiger partial charge is 0.265 e. The Hall–Kier alpha value is -2.78. The molecule has 0 atom stereocenters. The maximum Gasteiger partial charge on any atom is 0.265 e. The van der Waals surface area contributed by atoms with E-state index in [0.29, 0.717) is 16.6 Å². The van der Waals surface area contributed by atoms with Crippen molar-refractivity contribution in [2.45, 2.75) is 13.8 Å². The van der Waals surface area contributed by atoms with Crippen LogP contribution < -0.4 is 15.0 Å². The lowest BCUT2D eigenvalue weighted by atomic mass is 10.1. The van der Waals surface area contributed by atoms with E-state index in [-0.39, 0.29) is 25.0 Å². The van der Waals surface area contributed by atoms with Crippen LogP contribution in [0.4, 0.5) is 10.8 Å². The highest BCUT2D eigenvalue weighted by Gasteiger charge is 2.28. The fourth-order valence-corrected chi connectivity index (χ4v) is 4.29. The number of aryl methyl sites for hydroxylation is 2. The van der Waals surface area contributed by atoms with Crippen LogP contribution >= 0.6 is 22.7 Å². The molecule has 0 saturated heterocycles. The number of amides is 2. The van der Waals surface area contributed by atoms with Crippen molar-refractivity contribution >= 4 is 45.3 Å². The molecule has 3 aromatic rings. The first-order valence-corrected chi connectivity index (χ1v) is 9.92. The number of hydrogen-bond acceptors (Lipinski definition) is 7. The van der Waals surface area contributed by atoms with Gasteiger partial charge in [0.1, 0.15) is 12.3 Å². The van der Waals surface area contributed by atoms with Gasteiger partial charge in [0.25, 0.3) is 5.91 Å². The Morgan fingerprint density at radius 3 is 2.93 bits per heavy atom. The number of rotatable bonds is 4. The van der Waals surface area contributed by atoms with Crippen molar-refractivity contribution < 1.29 is 14.3 Å². The van der Waals surface area contributed by atoms with Crippen LogP contribution in [-0.2, 0) is 9.59 Å². The summed E-state index contributed by atoms with van der Waals surface area (Å²) in [5.74, 6) is 0.00218. The second-order valence-electron chi connectivity index (χ2n) is 5.97. The molecule has 1 aromatic carbocycles. The highest BCUT2D eigenvalue weighted by molar-refractivity contribution is 7.13. The lowest BCUT2D eigenvalue weighted by molar-refractivity contribution is -0.123. The molecule has 2 aromatic heterocycles. The van der Waals surface area contributed by atoms with Gasteiger partial charge in [-0.25, -0.2) is 9.97 Å². The molecule has 2 amide bonds. The van der Waals surface area contributed by atoms with Crippen molar-refractivity contribution in [2.75, 3.05) is 23.4 Å². The molecule has 9 heteroatoms. The van der Waals surface area contributed by atoms with Gasteiger partial charge in [-0.05, 0) is 32.0 Å². The number of carbonyl (C=O) groups excluding carboxylic acids is 2. The van der Waals surface area contributed by atoms with Crippen LogP contribution in [0.2, 0.25) is 0 Å². The lowest BCUT2D eigenvalue weighted by Gasteiger charge is -2.29. The molecule has 1 aliphatic heterocycles. The Morgan fingerprint density at radius 1 is 1.37 bits per heavy atom. The number of carbonyl (C=O) groups is 2. The minimum atomic E-state index is -0.308. The van der Waals surface area contributed by atoms with Crippen LogP contribution in [0.15, 0.2) is 29.8 Å².